The predicted octanol–water partition coefficient (Wildman–Crippen LogP) is 1.76. The van der Waals surface area contributed by atoms with Gasteiger partial charge in [-0.1, -0.05) is 17.3 Å². The maximum Gasteiger partial charge on any atom is 0.312 e. The van der Waals surface area contributed by atoms with Crippen LogP contribution in [-0.2, 0) is 11.2 Å². The standard InChI is InChI=1S/C12H12N2O4/c1-2-17-9-6-4-3-5-8(9)12-13-10(18-14-12)7-11(15)16/h3-6H,2,7H2,1H3,(H,15,16). The van der Waals surface area contributed by atoms with E-state index in [4.69, 9.17) is 14.4 Å². The largest absolute Gasteiger partial charge is 0.493 e. The molecule has 2 aromatic rings. The number of carboxylic acid groups (broad SMARTS) is 1. The van der Waals surface area contributed by atoms with E-state index in [1.807, 2.05) is 19.1 Å². The SMILES string of the molecule is CCOc1ccccc1-c1noc(CC(=O)O)n1. The average Bonchev–Trinajstić information content (AvgIpc) is 2.77. The Balaban J connectivity index is 2.30. The molecule has 1 heterocycles. The summed E-state index contributed by atoms with van der Waals surface area (Å²) in [5, 5.41) is 12.4. The predicted molar refractivity (Wildman–Crippen MR) is 62.2 cm³/mol. The van der Waals surface area contributed by atoms with Crippen LogP contribution in [0.3, 0.4) is 0 Å². The van der Waals surface area contributed by atoms with Gasteiger partial charge in [0.25, 0.3) is 0 Å². The number of para-hydroxylation sites is 1. The molecular formula is C12H12N2O4. The second-order valence-electron chi connectivity index (χ2n) is 3.51. The van der Waals surface area contributed by atoms with Gasteiger partial charge in [-0.05, 0) is 19.1 Å². The van der Waals surface area contributed by atoms with E-state index in [-0.39, 0.29) is 12.3 Å². The second kappa shape index (κ2) is 5.31. The Morgan fingerprint density at radius 2 is 2.22 bits per heavy atom. The molecule has 0 aliphatic heterocycles. The fraction of sp³-hybridized carbons (Fsp3) is 0.250. The van der Waals surface area contributed by atoms with Crippen LogP contribution in [-0.4, -0.2) is 27.8 Å². The molecular weight excluding hydrogens is 236 g/mol. The number of rotatable bonds is 5. The van der Waals surface area contributed by atoms with Gasteiger partial charge in [0.05, 0.1) is 12.2 Å². The first-order chi connectivity index (χ1) is 8.70. The van der Waals surface area contributed by atoms with E-state index >= 15 is 0 Å². The van der Waals surface area contributed by atoms with Gasteiger partial charge in [-0.15, -0.1) is 0 Å². The molecule has 1 N–H and O–H groups in total. The van der Waals surface area contributed by atoms with Gasteiger partial charge in [-0.2, -0.15) is 4.98 Å². The molecule has 1 aromatic carbocycles. The monoisotopic (exact) mass is 248 g/mol. The lowest BCUT2D eigenvalue weighted by atomic mass is 10.2. The Bertz CT molecular complexity index is 551. The van der Waals surface area contributed by atoms with Crippen molar-refractivity contribution in [3.8, 4) is 17.1 Å². The van der Waals surface area contributed by atoms with Crippen LogP contribution in [0.1, 0.15) is 12.8 Å². The highest BCUT2D eigenvalue weighted by Crippen LogP contribution is 2.27. The van der Waals surface area contributed by atoms with Crippen molar-refractivity contribution < 1.29 is 19.2 Å². The highest BCUT2D eigenvalue weighted by atomic mass is 16.5. The molecule has 0 fully saturated rings. The maximum absolute atomic E-state index is 10.5. The molecule has 0 amide bonds. The lowest BCUT2D eigenvalue weighted by Gasteiger charge is -2.05. The smallest absolute Gasteiger partial charge is 0.312 e. The minimum Gasteiger partial charge on any atom is -0.493 e. The number of ether oxygens (including phenoxy) is 1. The summed E-state index contributed by atoms with van der Waals surface area (Å²) in [6.45, 7) is 2.40. The first-order valence-electron chi connectivity index (χ1n) is 5.47. The summed E-state index contributed by atoms with van der Waals surface area (Å²) in [6, 6.07) is 7.25. The molecule has 0 aliphatic rings. The van der Waals surface area contributed by atoms with Gasteiger partial charge in [0.1, 0.15) is 12.2 Å². The van der Waals surface area contributed by atoms with Crippen LogP contribution >= 0.6 is 0 Å². The quantitative estimate of drug-likeness (QED) is 0.867. The summed E-state index contributed by atoms with van der Waals surface area (Å²) in [6.07, 6.45) is -0.288. The number of nitrogens with zero attached hydrogens (tertiary/aromatic N) is 2. The Kier molecular flexibility index (Phi) is 3.57. The first-order valence-corrected chi connectivity index (χ1v) is 5.47. The number of carboxylic acids is 1. The molecule has 6 nitrogen and oxygen atoms in total. The highest BCUT2D eigenvalue weighted by Gasteiger charge is 2.14. The third-order valence-corrected chi connectivity index (χ3v) is 2.20. The van der Waals surface area contributed by atoms with Crippen molar-refractivity contribution in [2.45, 2.75) is 13.3 Å². The normalized spacial score (nSPS) is 10.3. The summed E-state index contributed by atoms with van der Waals surface area (Å²) in [5.74, 6) is 0.0325. The highest BCUT2D eigenvalue weighted by molar-refractivity contribution is 5.69. The van der Waals surface area contributed by atoms with E-state index in [9.17, 15) is 4.79 Å². The number of benzene rings is 1. The van der Waals surface area contributed by atoms with Gasteiger partial charge < -0.3 is 14.4 Å². The second-order valence-corrected chi connectivity index (χ2v) is 3.51. The lowest BCUT2D eigenvalue weighted by Crippen LogP contribution is -2.00. The third-order valence-electron chi connectivity index (χ3n) is 2.20. The zero-order valence-electron chi connectivity index (χ0n) is 9.79. The molecule has 0 unspecified atom stereocenters. The number of hydrogen-bond acceptors (Lipinski definition) is 5. The summed E-state index contributed by atoms with van der Waals surface area (Å²) in [7, 11) is 0. The van der Waals surface area contributed by atoms with E-state index in [2.05, 4.69) is 10.1 Å². The van der Waals surface area contributed by atoms with Crippen molar-refractivity contribution in [3.63, 3.8) is 0 Å². The van der Waals surface area contributed by atoms with Gasteiger partial charge in [-0.3, -0.25) is 4.79 Å². The van der Waals surface area contributed by atoms with Crippen molar-refractivity contribution in [2.75, 3.05) is 6.61 Å². The molecule has 0 aliphatic carbocycles. The topological polar surface area (TPSA) is 85.5 Å². The van der Waals surface area contributed by atoms with E-state index in [0.29, 0.717) is 23.7 Å². The molecule has 0 atom stereocenters. The van der Waals surface area contributed by atoms with Crippen molar-refractivity contribution in [2.24, 2.45) is 0 Å². The van der Waals surface area contributed by atoms with Crippen LogP contribution in [0.4, 0.5) is 0 Å². The zero-order chi connectivity index (χ0) is 13.0. The van der Waals surface area contributed by atoms with Gasteiger partial charge in [-0.25, -0.2) is 0 Å². The van der Waals surface area contributed by atoms with Crippen LogP contribution in [0.5, 0.6) is 5.75 Å². The molecule has 0 radical (unpaired) electrons. The minimum atomic E-state index is -1.01. The molecule has 0 saturated heterocycles. The first kappa shape index (κ1) is 12.1. The van der Waals surface area contributed by atoms with Gasteiger partial charge in [0.2, 0.25) is 11.7 Å². The number of hydrogen-bond donors (Lipinski definition) is 1. The summed E-state index contributed by atoms with van der Waals surface area (Å²) in [4.78, 5) is 14.6. The van der Waals surface area contributed by atoms with Crippen LogP contribution in [0.25, 0.3) is 11.4 Å². The zero-order valence-corrected chi connectivity index (χ0v) is 9.79. The Labute approximate surface area is 103 Å². The number of carbonyl (C=O) groups is 1. The maximum atomic E-state index is 10.5. The van der Waals surface area contributed by atoms with Crippen molar-refractivity contribution in [1.29, 1.82) is 0 Å². The molecule has 0 bridgehead atoms. The molecule has 18 heavy (non-hydrogen) atoms. The molecule has 94 valence electrons. The van der Waals surface area contributed by atoms with Crippen LogP contribution in [0.2, 0.25) is 0 Å². The van der Waals surface area contributed by atoms with Crippen LogP contribution < -0.4 is 4.74 Å². The average molecular weight is 248 g/mol. The van der Waals surface area contributed by atoms with Crippen molar-refractivity contribution >= 4 is 5.97 Å². The molecule has 6 heteroatoms. The molecule has 0 saturated carbocycles. The van der Waals surface area contributed by atoms with E-state index in [1.165, 1.54) is 0 Å². The fourth-order valence-corrected chi connectivity index (χ4v) is 1.50. The Morgan fingerprint density at radius 3 is 2.94 bits per heavy atom. The Morgan fingerprint density at radius 1 is 1.44 bits per heavy atom. The van der Waals surface area contributed by atoms with Gasteiger partial charge in [0, 0.05) is 0 Å². The molecule has 2 rings (SSSR count). The van der Waals surface area contributed by atoms with E-state index in [1.54, 1.807) is 12.1 Å². The molecule has 1 aromatic heterocycles. The third kappa shape index (κ3) is 2.65. The van der Waals surface area contributed by atoms with E-state index in [0.717, 1.165) is 0 Å². The minimum absolute atomic E-state index is 0.0730. The summed E-state index contributed by atoms with van der Waals surface area (Å²) < 4.78 is 10.3. The van der Waals surface area contributed by atoms with Crippen molar-refractivity contribution in [3.05, 3.63) is 30.2 Å². The fourth-order valence-electron chi connectivity index (χ4n) is 1.50. The summed E-state index contributed by atoms with van der Waals surface area (Å²) >= 11 is 0. The van der Waals surface area contributed by atoms with Crippen molar-refractivity contribution in [1.82, 2.24) is 10.1 Å². The van der Waals surface area contributed by atoms with Crippen LogP contribution in [0, 0.1) is 0 Å². The lowest BCUT2D eigenvalue weighted by molar-refractivity contribution is -0.136. The Hall–Kier alpha value is -2.37. The van der Waals surface area contributed by atoms with Crippen LogP contribution in [0.15, 0.2) is 28.8 Å². The number of aromatic nitrogens is 2. The summed E-state index contributed by atoms with van der Waals surface area (Å²) in [5.41, 5.74) is 0.680. The van der Waals surface area contributed by atoms with E-state index < -0.39 is 5.97 Å². The van der Waals surface area contributed by atoms with Gasteiger partial charge in [0.15, 0.2) is 0 Å². The molecule has 0 spiro atoms. The van der Waals surface area contributed by atoms with Gasteiger partial charge >= 0.3 is 5.97 Å². The number of aliphatic carboxylic acids is 1.